The summed E-state index contributed by atoms with van der Waals surface area (Å²) in [6.07, 6.45) is 5.67. The highest BCUT2D eigenvalue weighted by molar-refractivity contribution is 5.28. The fraction of sp³-hybridized carbons (Fsp3) is 0.550. The molecule has 1 atom stereocenters. The van der Waals surface area contributed by atoms with Crippen molar-refractivity contribution in [2.24, 2.45) is 0 Å². The number of aromatic hydroxyl groups is 1. The summed E-state index contributed by atoms with van der Waals surface area (Å²) in [5.74, 6) is 1.57. The average molecular weight is 344 g/mol. The fourth-order valence-corrected chi connectivity index (χ4v) is 3.60. The Hall–Kier alpha value is -1.85. The van der Waals surface area contributed by atoms with E-state index < -0.39 is 6.10 Å². The van der Waals surface area contributed by atoms with E-state index in [0.29, 0.717) is 19.0 Å². The molecule has 5 nitrogen and oxygen atoms in total. The Balaban J connectivity index is 1.59. The van der Waals surface area contributed by atoms with Gasteiger partial charge in [0.05, 0.1) is 18.3 Å². The Kier molecular flexibility index (Phi) is 6.10. The van der Waals surface area contributed by atoms with Crippen LogP contribution in [0.15, 0.2) is 34.9 Å². The first-order chi connectivity index (χ1) is 12.2. The zero-order valence-corrected chi connectivity index (χ0v) is 14.9. The molecular weight excluding hydrogens is 316 g/mol. The normalized spacial score (nSPS) is 17.1. The van der Waals surface area contributed by atoms with Crippen LogP contribution in [0.3, 0.4) is 0 Å². The lowest BCUT2D eigenvalue weighted by Gasteiger charge is -2.22. The second-order valence-electron chi connectivity index (χ2n) is 6.99. The maximum atomic E-state index is 10.4. The molecule has 1 saturated carbocycles. The van der Waals surface area contributed by atoms with Gasteiger partial charge in [-0.05, 0) is 37.1 Å². The van der Waals surface area contributed by atoms with Crippen LogP contribution in [0.1, 0.15) is 68.1 Å². The molecule has 1 aromatic carbocycles. The molecule has 0 bridgehead atoms. The first-order valence-corrected chi connectivity index (χ1v) is 9.30. The first-order valence-electron chi connectivity index (χ1n) is 9.30. The topological polar surface area (TPSA) is 69.7 Å². The summed E-state index contributed by atoms with van der Waals surface area (Å²) < 4.78 is 5.54. The van der Waals surface area contributed by atoms with E-state index in [2.05, 4.69) is 23.0 Å². The van der Waals surface area contributed by atoms with Gasteiger partial charge in [-0.25, -0.2) is 0 Å². The van der Waals surface area contributed by atoms with Gasteiger partial charge in [-0.1, -0.05) is 43.5 Å². The van der Waals surface area contributed by atoms with Crippen LogP contribution in [-0.4, -0.2) is 33.4 Å². The van der Waals surface area contributed by atoms with Crippen LogP contribution < -0.4 is 0 Å². The summed E-state index contributed by atoms with van der Waals surface area (Å²) in [5, 5.41) is 24.3. The minimum atomic E-state index is -0.646. The number of likely N-dealkylation sites (N-methyl/N-ethyl adjacent to an activating group) is 1. The zero-order valence-electron chi connectivity index (χ0n) is 14.9. The van der Waals surface area contributed by atoms with E-state index in [0.717, 1.165) is 23.6 Å². The Morgan fingerprint density at radius 3 is 2.76 bits per heavy atom. The van der Waals surface area contributed by atoms with Crippen molar-refractivity contribution in [2.75, 3.05) is 13.1 Å². The molecule has 3 rings (SSSR count). The summed E-state index contributed by atoms with van der Waals surface area (Å²) in [6.45, 7) is 3.98. The van der Waals surface area contributed by atoms with Gasteiger partial charge in [-0.2, -0.15) is 0 Å². The smallest absolute Gasteiger partial charge is 0.150 e. The number of phenolic OH excluding ortho intramolecular Hbond substituents is 1. The standard InChI is InChI=1S/C20H28N2O3/c1-2-22(14-20(24)16-9-6-10-17(23)11-16)13-18-12-19(21-25-18)15-7-4-3-5-8-15/h6,9-12,15,20,23-24H,2-5,7-8,13-14H2,1H3/t20-/m1/s1. The summed E-state index contributed by atoms with van der Waals surface area (Å²) in [7, 11) is 0. The Labute approximate surface area is 149 Å². The molecule has 0 aliphatic heterocycles. The van der Waals surface area contributed by atoms with E-state index >= 15 is 0 Å². The van der Waals surface area contributed by atoms with Gasteiger partial charge in [0, 0.05) is 18.5 Å². The quantitative estimate of drug-likeness (QED) is 0.795. The minimum Gasteiger partial charge on any atom is -0.508 e. The molecule has 136 valence electrons. The van der Waals surface area contributed by atoms with Gasteiger partial charge >= 0.3 is 0 Å². The number of hydrogen-bond acceptors (Lipinski definition) is 5. The maximum absolute atomic E-state index is 10.4. The van der Waals surface area contributed by atoms with Crippen LogP contribution in [-0.2, 0) is 6.54 Å². The van der Waals surface area contributed by atoms with Gasteiger partial charge in [0.25, 0.3) is 0 Å². The number of aromatic nitrogens is 1. The maximum Gasteiger partial charge on any atom is 0.150 e. The molecule has 0 radical (unpaired) electrons. The second kappa shape index (κ2) is 8.50. The number of aliphatic hydroxyl groups is 1. The highest BCUT2D eigenvalue weighted by atomic mass is 16.5. The molecule has 5 heteroatoms. The molecule has 0 spiro atoms. The van der Waals surface area contributed by atoms with Crippen molar-refractivity contribution in [1.82, 2.24) is 10.1 Å². The third-order valence-corrected chi connectivity index (χ3v) is 5.11. The molecule has 1 aliphatic carbocycles. The second-order valence-corrected chi connectivity index (χ2v) is 6.99. The van der Waals surface area contributed by atoms with Crippen molar-refractivity contribution in [2.45, 2.75) is 57.6 Å². The van der Waals surface area contributed by atoms with Gasteiger partial charge in [0.15, 0.2) is 5.76 Å². The van der Waals surface area contributed by atoms with Crippen molar-refractivity contribution in [1.29, 1.82) is 0 Å². The molecule has 1 fully saturated rings. The molecule has 0 saturated heterocycles. The van der Waals surface area contributed by atoms with Crippen molar-refractivity contribution in [3.8, 4) is 5.75 Å². The number of nitrogens with zero attached hydrogens (tertiary/aromatic N) is 2. The SMILES string of the molecule is CCN(Cc1cc(C2CCCCC2)no1)C[C@@H](O)c1cccc(O)c1. The van der Waals surface area contributed by atoms with E-state index in [-0.39, 0.29) is 5.75 Å². The average Bonchev–Trinajstić information content (AvgIpc) is 3.10. The monoisotopic (exact) mass is 344 g/mol. The molecule has 2 N–H and O–H groups in total. The number of hydrogen-bond donors (Lipinski definition) is 2. The van der Waals surface area contributed by atoms with Crippen LogP contribution >= 0.6 is 0 Å². The largest absolute Gasteiger partial charge is 0.508 e. The van der Waals surface area contributed by atoms with Crippen LogP contribution in [0.4, 0.5) is 0 Å². The Morgan fingerprint density at radius 1 is 1.24 bits per heavy atom. The number of rotatable bonds is 7. The van der Waals surface area contributed by atoms with Gasteiger partial charge in [0.2, 0.25) is 0 Å². The highest BCUT2D eigenvalue weighted by Crippen LogP contribution is 2.32. The van der Waals surface area contributed by atoms with Gasteiger partial charge in [-0.15, -0.1) is 0 Å². The first kappa shape index (κ1) is 18.0. The van der Waals surface area contributed by atoms with Crippen LogP contribution in [0.5, 0.6) is 5.75 Å². The van der Waals surface area contributed by atoms with Crippen molar-refractivity contribution >= 4 is 0 Å². The van der Waals surface area contributed by atoms with E-state index in [1.54, 1.807) is 18.2 Å². The number of benzene rings is 1. The molecule has 2 aromatic rings. The molecule has 1 heterocycles. The Morgan fingerprint density at radius 2 is 2.04 bits per heavy atom. The predicted molar refractivity (Wildman–Crippen MR) is 96.3 cm³/mol. The van der Waals surface area contributed by atoms with E-state index in [1.807, 2.05) is 6.07 Å². The highest BCUT2D eigenvalue weighted by Gasteiger charge is 2.20. The van der Waals surface area contributed by atoms with E-state index in [1.165, 1.54) is 32.1 Å². The summed E-state index contributed by atoms with van der Waals surface area (Å²) in [6, 6.07) is 8.87. The molecular formula is C20H28N2O3. The lowest BCUT2D eigenvalue weighted by Crippen LogP contribution is -2.28. The van der Waals surface area contributed by atoms with Crippen molar-refractivity contribution < 1.29 is 14.7 Å². The van der Waals surface area contributed by atoms with Gasteiger partial charge < -0.3 is 14.7 Å². The number of aliphatic hydroxyl groups excluding tert-OH is 1. The molecule has 0 amide bonds. The summed E-state index contributed by atoms with van der Waals surface area (Å²) >= 11 is 0. The summed E-state index contributed by atoms with van der Waals surface area (Å²) in [5.41, 5.74) is 1.80. The molecule has 1 aromatic heterocycles. The van der Waals surface area contributed by atoms with E-state index in [9.17, 15) is 10.2 Å². The molecule has 25 heavy (non-hydrogen) atoms. The Bertz CT molecular complexity index is 664. The third-order valence-electron chi connectivity index (χ3n) is 5.11. The van der Waals surface area contributed by atoms with Gasteiger partial charge in [0.1, 0.15) is 5.75 Å². The summed E-state index contributed by atoms with van der Waals surface area (Å²) in [4.78, 5) is 2.12. The lowest BCUT2D eigenvalue weighted by molar-refractivity contribution is 0.106. The van der Waals surface area contributed by atoms with Crippen LogP contribution in [0.25, 0.3) is 0 Å². The van der Waals surface area contributed by atoms with E-state index in [4.69, 9.17) is 4.52 Å². The third kappa shape index (κ3) is 4.83. The minimum absolute atomic E-state index is 0.173. The van der Waals surface area contributed by atoms with Gasteiger partial charge in [-0.3, -0.25) is 4.90 Å². The molecule has 1 aliphatic rings. The van der Waals surface area contributed by atoms with Crippen LogP contribution in [0.2, 0.25) is 0 Å². The fourth-order valence-electron chi connectivity index (χ4n) is 3.60. The van der Waals surface area contributed by atoms with Crippen LogP contribution in [0, 0.1) is 0 Å². The predicted octanol–water partition coefficient (Wildman–Crippen LogP) is 3.98. The lowest BCUT2D eigenvalue weighted by atomic mass is 9.87. The molecule has 0 unspecified atom stereocenters. The van der Waals surface area contributed by atoms with Crippen molar-refractivity contribution in [3.63, 3.8) is 0 Å². The van der Waals surface area contributed by atoms with Crippen molar-refractivity contribution in [3.05, 3.63) is 47.3 Å². The number of phenols is 1. The zero-order chi connectivity index (χ0) is 17.6.